The summed E-state index contributed by atoms with van der Waals surface area (Å²) in [5.74, 6) is -0.133. The normalized spacial score (nSPS) is 10.4. The van der Waals surface area contributed by atoms with Crippen molar-refractivity contribution in [3.63, 3.8) is 0 Å². The van der Waals surface area contributed by atoms with Crippen LogP contribution >= 0.6 is 0 Å². The van der Waals surface area contributed by atoms with Gasteiger partial charge in [0.1, 0.15) is 0 Å². The summed E-state index contributed by atoms with van der Waals surface area (Å²) >= 11 is 0. The molecule has 0 rings (SSSR count). The first kappa shape index (κ1) is 15.4. The first-order valence-electron chi connectivity index (χ1n) is 6.54. The zero-order valence-electron chi connectivity index (χ0n) is 10.8. The van der Waals surface area contributed by atoms with Crippen LogP contribution in [0.4, 0.5) is 0 Å². The van der Waals surface area contributed by atoms with E-state index in [2.05, 4.69) is 13.8 Å². The van der Waals surface area contributed by atoms with Gasteiger partial charge in [0, 0.05) is 6.61 Å². The molecule has 0 unspecified atom stereocenters. The van der Waals surface area contributed by atoms with Crippen LogP contribution in [-0.2, 0) is 14.3 Å². The van der Waals surface area contributed by atoms with Gasteiger partial charge in [-0.1, -0.05) is 39.5 Å². The van der Waals surface area contributed by atoms with Gasteiger partial charge in [0.2, 0.25) is 0 Å². The molecule has 0 spiro atoms. The first-order chi connectivity index (χ1) is 7.81. The maximum absolute atomic E-state index is 11.2. The van der Waals surface area contributed by atoms with Crippen LogP contribution in [0, 0.1) is 0 Å². The molecule has 0 aromatic rings. The maximum atomic E-state index is 11.2. The van der Waals surface area contributed by atoms with Gasteiger partial charge in [0.05, 0.1) is 19.6 Å². The minimum Gasteiger partial charge on any atom is -0.466 e. The predicted octanol–water partition coefficient (Wildman–Crippen LogP) is 3.32. The second-order valence-corrected chi connectivity index (χ2v) is 4.00. The molecule has 0 aliphatic carbocycles. The molecule has 0 aliphatic heterocycles. The molecule has 0 N–H and O–H groups in total. The molecule has 0 fully saturated rings. The second-order valence-electron chi connectivity index (χ2n) is 4.00. The molecular weight excluding hydrogens is 204 g/mol. The van der Waals surface area contributed by atoms with E-state index in [9.17, 15) is 4.79 Å². The van der Waals surface area contributed by atoms with E-state index in [-0.39, 0.29) is 5.97 Å². The molecule has 3 heteroatoms. The number of carbonyl (C=O) groups excluding carboxylic acids is 1. The van der Waals surface area contributed by atoms with Crippen molar-refractivity contribution in [2.24, 2.45) is 0 Å². The Morgan fingerprint density at radius 3 is 2.31 bits per heavy atom. The highest BCUT2D eigenvalue weighted by Crippen LogP contribution is 2.02. The van der Waals surface area contributed by atoms with Gasteiger partial charge in [-0.15, -0.1) is 0 Å². The Morgan fingerprint density at radius 1 is 0.875 bits per heavy atom. The van der Waals surface area contributed by atoms with Crippen LogP contribution in [0.25, 0.3) is 0 Å². The molecule has 96 valence electrons. The van der Waals surface area contributed by atoms with Crippen LogP contribution in [0.15, 0.2) is 0 Å². The summed E-state index contributed by atoms with van der Waals surface area (Å²) in [7, 11) is 0. The van der Waals surface area contributed by atoms with E-state index < -0.39 is 0 Å². The summed E-state index contributed by atoms with van der Waals surface area (Å²) in [5, 5.41) is 0. The van der Waals surface area contributed by atoms with Crippen molar-refractivity contribution in [2.45, 2.75) is 58.8 Å². The average Bonchev–Trinajstić information content (AvgIpc) is 2.29. The van der Waals surface area contributed by atoms with Gasteiger partial charge in [-0.3, -0.25) is 4.79 Å². The van der Waals surface area contributed by atoms with Gasteiger partial charge in [-0.25, -0.2) is 0 Å². The SMILES string of the molecule is CCCCCCCOC(=O)CCOCCC. The van der Waals surface area contributed by atoms with Crippen LogP contribution < -0.4 is 0 Å². The Hall–Kier alpha value is -0.570. The summed E-state index contributed by atoms with van der Waals surface area (Å²) in [6.45, 7) is 6.02. The number of rotatable bonds is 11. The Morgan fingerprint density at radius 2 is 1.62 bits per heavy atom. The van der Waals surface area contributed by atoms with Crippen molar-refractivity contribution in [1.29, 1.82) is 0 Å². The fourth-order valence-electron chi connectivity index (χ4n) is 1.37. The van der Waals surface area contributed by atoms with E-state index in [0.717, 1.165) is 25.9 Å². The Labute approximate surface area is 99.5 Å². The minimum absolute atomic E-state index is 0.133. The van der Waals surface area contributed by atoms with Gasteiger partial charge in [0.25, 0.3) is 0 Å². The molecule has 0 atom stereocenters. The third-order valence-corrected chi connectivity index (χ3v) is 2.31. The van der Waals surface area contributed by atoms with E-state index in [4.69, 9.17) is 9.47 Å². The Balaban J connectivity index is 3.11. The standard InChI is InChI=1S/C13H26O3/c1-3-5-6-7-8-11-16-13(14)9-12-15-10-4-2/h3-12H2,1-2H3. The first-order valence-corrected chi connectivity index (χ1v) is 6.54. The van der Waals surface area contributed by atoms with Gasteiger partial charge in [-0.05, 0) is 12.8 Å². The van der Waals surface area contributed by atoms with E-state index in [1.165, 1.54) is 19.3 Å². The largest absolute Gasteiger partial charge is 0.466 e. The van der Waals surface area contributed by atoms with Gasteiger partial charge >= 0.3 is 5.97 Å². The highest BCUT2D eigenvalue weighted by molar-refractivity contribution is 5.69. The van der Waals surface area contributed by atoms with Crippen molar-refractivity contribution in [2.75, 3.05) is 19.8 Å². The van der Waals surface area contributed by atoms with Gasteiger partial charge < -0.3 is 9.47 Å². The van der Waals surface area contributed by atoms with E-state index >= 15 is 0 Å². The third kappa shape index (κ3) is 11.5. The second kappa shape index (κ2) is 12.5. The van der Waals surface area contributed by atoms with Gasteiger partial charge in [-0.2, -0.15) is 0 Å². The minimum atomic E-state index is -0.133. The predicted molar refractivity (Wildman–Crippen MR) is 65.4 cm³/mol. The lowest BCUT2D eigenvalue weighted by atomic mass is 10.2. The Kier molecular flexibility index (Phi) is 12.1. The molecule has 0 aliphatic rings. The van der Waals surface area contributed by atoms with E-state index in [0.29, 0.717) is 19.6 Å². The van der Waals surface area contributed by atoms with Crippen molar-refractivity contribution in [3.8, 4) is 0 Å². The van der Waals surface area contributed by atoms with Crippen molar-refractivity contribution < 1.29 is 14.3 Å². The number of esters is 1. The zero-order chi connectivity index (χ0) is 12.1. The average molecular weight is 230 g/mol. The summed E-state index contributed by atoms with van der Waals surface area (Å²) in [4.78, 5) is 11.2. The van der Waals surface area contributed by atoms with Crippen molar-refractivity contribution >= 4 is 5.97 Å². The van der Waals surface area contributed by atoms with Crippen LogP contribution in [-0.4, -0.2) is 25.8 Å². The van der Waals surface area contributed by atoms with Crippen LogP contribution in [0.5, 0.6) is 0 Å². The lowest BCUT2D eigenvalue weighted by molar-refractivity contribution is -0.145. The molecule has 0 radical (unpaired) electrons. The topological polar surface area (TPSA) is 35.5 Å². The molecular formula is C13H26O3. The molecule has 0 aromatic heterocycles. The smallest absolute Gasteiger partial charge is 0.308 e. The van der Waals surface area contributed by atoms with Gasteiger partial charge in [0.15, 0.2) is 0 Å². The van der Waals surface area contributed by atoms with Crippen LogP contribution in [0.2, 0.25) is 0 Å². The molecule has 16 heavy (non-hydrogen) atoms. The fraction of sp³-hybridized carbons (Fsp3) is 0.923. The number of ether oxygens (including phenoxy) is 2. The lowest BCUT2D eigenvalue weighted by Gasteiger charge is -2.05. The maximum Gasteiger partial charge on any atom is 0.308 e. The highest BCUT2D eigenvalue weighted by Gasteiger charge is 2.01. The third-order valence-electron chi connectivity index (χ3n) is 2.31. The molecule has 3 nitrogen and oxygen atoms in total. The lowest BCUT2D eigenvalue weighted by Crippen LogP contribution is -2.09. The summed E-state index contributed by atoms with van der Waals surface area (Å²) in [6, 6.07) is 0. The van der Waals surface area contributed by atoms with Crippen molar-refractivity contribution in [1.82, 2.24) is 0 Å². The molecule has 0 saturated heterocycles. The van der Waals surface area contributed by atoms with Crippen LogP contribution in [0.3, 0.4) is 0 Å². The molecule has 0 saturated carbocycles. The molecule has 0 aromatic carbocycles. The Bertz CT molecular complexity index is 157. The molecule has 0 bridgehead atoms. The zero-order valence-corrected chi connectivity index (χ0v) is 10.8. The summed E-state index contributed by atoms with van der Waals surface area (Å²) in [5.41, 5.74) is 0. The van der Waals surface area contributed by atoms with Crippen molar-refractivity contribution in [3.05, 3.63) is 0 Å². The highest BCUT2D eigenvalue weighted by atomic mass is 16.5. The van der Waals surface area contributed by atoms with E-state index in [1.807, 2.05) is 0 Å². The number of hydrogen-bond donors (Lipinski definition) is 0. The van der Waals surface area contributed by atoms with Crippen LogP contribution in [0.1, 0.15) is 58.8 Å². The summed E-state index contributed by atoms with van der Waals surface area (Å²) < 4.78 is 10.3. The molecule has 0 heterocycles. The number of carbonyl (C=O) groups is 1. The van der Waals surface area contributed by atoms with E-state index in [1.54, 1.807) is 0 Å². The number of hydrogen-bond acceptors (Lipinski definition) is 3. The fourth-order valence-corrected chi connectivity index (χ4v) is 1.37. The monoisotopic (exact) mass is 230 g/mol. The quantitative estimate of drug-likeness (QED) is 0.403. The summed E-state index contributed by atoms with van der Waals surface area (Å²) in [6.07, 6.45) is 7.29. The number of unbranched alkanes of at least 4 members (excludes halogenated alkanes) is 4. The molecule has 0 amide bonds.